The number of aromatic nitrogens is 2. The van der Waals surface area contributed by atoms with Crippen LogP contribution in [0.1, 0.15) is 11.6 Å². The van der Waals surface area contributed by atoms with Gasteiger partial charge in [-0.2, -0.15) is 0 Å². The zero-order valence-corrected chi connectivity index (χ0v) is 7.79. The van der Waals surface area contributed by atoms with Crippen molar-refractivity contribution >= 4 is 17.0 Å². The van der Waals surface area contributed by atoms with Crippen LogP contribution < -0.4 is 5.73 Å². The van der Waals surface area contributed by atoms with Crippen LogP contribution in [0.2, 0.25) is 0 Å². The fourth-order valence-electron chi connectivity index (χ4n) is 1.32. The van der Waals surface area contributed by atoms with Gasteiger partial charge in [0.2, 0.25) is 0 Å². The Bertz CT molecular complexity index is 513. The molecule has 0 fully saturated rings. The molecule has 0 saturated carbocycles. The van der Waals surface area contributed by atoms with Crippen molar-refractivity contribution < 1.29 is 9.90 Å². The summed E-state index contributed by atoms with van der Waals surface area (Å²) < 4.78 is 0. The van der Waals surface area contributed by atoms with Gasteiger partial charge in [0.15, 0.2) is 0 Å². The van der Waals surface area contributed by atoms with E-state index >= 15 is 0 Å². The van der Waals surface area contributed by atoms with Crippen molar-refractivity contribution in [3.63, 3.8) is 0 Å². The average molecular weight is 203 g/mol. The molecule has 0 radical (unpaired) electrons. The lowest BCUT2D eigenvalue weighted by molar-refractivity contribution is -0.138. The maximum absolute atomic E-state index is 10.7. The molecule has 0 aliphatic rings. The van der Waals surface area contributed by atoms with Gasteiger partial charge in [-0.15, -0.1) is 0 Å². The minimum absolute atomic E-state index is 0.524. The fraction of sp³-hybridized carbons (Fsp3) is 0.100. The van der Waals surface area contributed by atoms with Gasteiger partial charge in [0.1, 0.15) is 6.04 Å². The van der Waals surface area contributed by atoms with Gasteiger partial charge >= 0.3 is 5.97 Å². The summed E-state index contributed by atoms with van der Waals surface area (Å²) in [5.41, 5.74) is 7.37. The van der Waals surface area contributed by atoms with Crippen LogP contribution in [0, 0.1) is 0 Å². The summed E-state index contributed by atoms with van der Waals surface area (Å²) in [4.78, 5) is 18.8. The third-order valence-electron chi connectivity index (χ3n) is 2.12. The van der Waals surface area contributed by atoms with E-state index in [0.717, 1.165) is 5.52 Å². The van der Waals surface area contributed by atoms with Crippen molar-refractivity contribution in [2.75, 3.05) is 0 Å². The van der Waals surface area contributed by atoms with Gasteiger partial charge < -0.3 is 10.8 Å². The van der Waals surface area contributed by atoms with Crippen molar-refractivity contribution in [2.24, 2.45) is 5.73 Å². The van der Waals surface area contributed by atoms with E-state index in [0.29, 0.717) is 11.1 Å². The first kappa shape index (κ1) is 9.54. The number of nitrogens with zero attached hydrogens (tertiary/aromatic N) is 2. The van der Waals surface area contributed by atoms with E-state index < -0.39 is 12.0 Å². The Balaban J connectivity index is 2.51. The van der Waals surface area contributed by atoms with Gasteiger partial charge in [0.05, 0.1) is 11.0 Å². The molecule has 0 spiro atoms. The molecule has 76 valence electrons. The highest BCUT2D eigenvalue weighted by molar-refractivity contribution is 5.79. The van der Waals surface area contributed by atoms with Crippen LogP contribution in [0.3, 0.4) is 0 Å². The number of nitrogens with two attached hydrogens (primary N) is 1. The summed E-state index contributed by atoms with van der Waals surface area (Å²) in [5.74, 6) is -1.06. The highest BCUT2D eigenvalue weighted by Crippen LogP contribution is 2.15. The number of carboxylic acid groups (broad SMARTS) is 1. The summed E-state index contributed by atoms with van der Waals surface area (Å²) in [6, 6.07) is 3.98. The quantitative estimate of drug-likeness (QED) is 0.750. The van der Waals surface area contributed by atoms with Crippen LogP contribution >= 0.6 is 0 Å². The molecular weight excluding hydrogens is 194 g/mol. The molecule has 0 aliphatic carbocycles. The topological polar surface area (TPSA) is 89.1 Å². The fourth-order valence-corrected chi connectivity index (χ4v) is 1.32. The Kier molecular flexibility index (Phi) is 2.31. The molecular formula is C10H9N3O2. The average Bonchev–Trinajstić information content (AvgIpc) is 2.27. The normalized spacial score (nSPS) is 12.6. The lowest BCUT2D eigenvalue weighted by Crippen LogP contribution is -2.20. The maximum Gasteiger partial charge on any atom is 0.325 e. The van der Waals surface area contributed by atoms with Gasteiger partial charge in [0.25, 0.3) is 0 Å². The number of fused-ring (bicyclic) bond motifs is 1. The Morgan fingerprint density at radius 1 is 1.27 bits per heavy atom. The summed E-state index contributed by atoms with van der Waals surface area (Å²) in [7, 11) is 0. The molecule has 15 heavy (non-hydrogen) atoms. The second-order valence-corrected chi connectivity index (χ2v) is 3.12. The van der Waals surface area contributed by atoms with Crippen LogP contribution in [0.5, 0.6) is 0 Å². The number of hydrogen-bond acceptors (Lipinski definition) is 4. The second kappa shape index (κ2) is 3.62. The zero-order chi connectivity index (χ0) is 10.8. The Morgan fingerprint density at radius 2 is 1.93 bits per heavy atom. The molecule has 2 aromatic rings. The number of carboxylic acids is 1. The number of carbonyl (C=O) groups is 1. The summed E-state index contributed by atoms with van der Waals surface area (Å²) in [5, 5.41) is 8.75. The van der Waals surface area contributed by atoms with E-state index in [9.17, 15) is 4.79 Å². The van der Waals surface area contributed by atoms with E-state index in [1.165, 1.54) is 0 Å². The van der Waals surface area contributed by atoms with Crippen LogP contribution in [-0.2, 0) is 4.79 Å². The van der Waals surface area contributed by atoms with Gasteiger partial charge in [-0.3, -0.25) is 14.8 Å². The standard InChI is InChI=1S/C10H9N3O2/c11-9(10(14)15)6-1-2-7-8(5-6)13-4-3-12-7/h1-5,9H,11H2,(H,14,15)/t9-/m0/s1. The van der Waals surface area contributed by atoms with Gasteiger partial charge in [0, 0.05) is 12.4 Å². The molecule has 2 rings (SSSR count). The molecule has 0 bridgehead atoms. The van der Waals surface area contributed by atoms with Crippen molar-refractivity contribution in [1.82, 2.24) is 9.97 Å². The molecule has 0 saturated heterocycles. The molecule has 3 N–H and O–H groups in total. The smallest absolute Gasteiger partial charge is 0.325 e. The predicted molar refractivity (Wildman–Crippen MR) is 54.1 cm³/mol. The molecule has 1 heterocycles. The summed E-state index contributed by atoms with van der Waals surface area (Å²) in [6.45, 7) is 0. The largest absolute Gasteiger partial charge is 0.480 e. The van der Waals surface area contributed by atoms with Crippen LogP contribution in [0.25, 0.3) is 11.0 Å². The van der Waals surface area contributed by atoms with E-state index in [2.05, 4.69) is 9.97 Å². The van der Waals surface area contributed by atoms with E-state index in [-0.39, 0.29) is 0 Å². The molecule has 5 nitrogen and oxygen atoms in total. The Morgan fingerprint density at radius 3 is 2.60 bits per heavy atom. The van der Waals surface area contributed by atoms with Crippen LogP contribution in [0.4, 0.5) is 0 Å². The summed E-state index contributed by atoms with van der Waals surface area (Å²) >= 11 is 0. The van der Waals surface area contributed by atoms with Gasteiger partial charge in [-0.25, -0.2) is 0 Å². The van der Waals surface area contributed by atoms with Crippen molar-refractivity contribution in [3.05, 3.63) is 36.2 Å². The molecule has 0 unspecified atom stereocenters. The highest BCUT2D eigenvalue weighted by atomic mass is 16.4. The Hall–Kier alpha value is -2.01. The number of rotatable bonds is 2. The first-order chi connectivity index (χ1) is 7.18. The number of benzene rings is 1. The lowest BCUT2D eigenvalue weighted by atomic mass is 10.1. The van der Waals surface area contributed by atoms with E-state index in [4.69, 9.17) is 10.8 Å². The van der Waals surface area contributed by atoms with Crippen molar-refractivity contribution in [3.8, 4) is 0 Å². The van der Waals surface area contributed by atoms with Gasteiger partial charge in [-0.1, -0.05) is 6.07 Å². The zero-order valence-electron chi connectivity index (χ0n) is 7.79. The third kappa shape index (κ3) is 1.77. The molecule has 1 aromatic heterocycles. The van der Waals surface area contributed by atoms with E-state index in [1.807, 2.05) is 0 Å². The van der Waals surface area contributed by atoms with Crippen molar-refractivity contribution in [1.29, 1.82) is 0 Å². The first-order valence-corrected chi connectivity index (χ1v) is 4.37. The minimum Gasteiger partial charge on any atom is -0.480 e. The van der Waals surface area contributed by atoms with E-state index in [1.54, 1.807) is 30.6 Å². The Labute approximate surface area is 85.6 Å². The first-order valence-electron chi connectivity index (χ1n) is 4.37. The third-order valence-corrected chi connectivity index (χ3v) is 2.12. The monoisotopic (exact) mass is 203 g/mol. The molecule has 1 atom stereocenters. The summed E-state index contributed by atoms with van der Waals surface area (Å²) in [6.07, 6.45) is 3.14. The lowest BCUT2D eigenvalue weighted by Gasteiger charge is -2.06. The predicted octanol–water partition coefficient (Wildman–Crippen LogP) is 0.714. The highest BCUT2D eigenvalue weighted by Gasteiger charge is 2.14. The van der Waals surface area contributed by atoms with Crippen molar-refractivity contribution in [2.45, 2.75) is 6.04 Å². The van der Waals surface area contributed by atoms with Gasteiger partial charge in [-0.05, 0) is 17.7 Å². The number of aliphatic carboxylic acids is 1. The maximum atomic E-state index is 10.7. The molecule has 5 heteroatoms. The molecule has 0 aliphatic heterocycles. The van der Waals surface area contributed by atoms with Crippen LogP contribution in [-0.4, -0.2) is 21.0 Å². The van der Waals surface area contributed by atoms with Crippen LogP contribution in [0.15, 0.2) is 30.6 Å². The SMILES string of the molecule is N[C@H](C(=O)O)c1ccc2nccnc2c1. The minimum atomic E-state index is -1.06. The number of hydrogen-bond donors (Lipinski definition) is 2. The second-order valence-electron chi connectivity index (χ2n) is 3.12. The molecule has 1 aromatic carbocycles. The molecule has 0 amide bonds.